The molecule has 0 spiro atoms. The van der Waals surface area contributed by atoms with Crippen molar-refractivity contribution in [2.45, 2.75) is 194 Å². The van der Waals surface area contributed by atoms with E-state index in [0.29, 0.717) is 39.5 Å². The summed E-state index contributed by atoms with van der Waals surface area (Å²) in [6, 6.07) is 2.73. The molecule has 9 rings (SSSR count). The second-order valence-electron chi connectivity index (χ2n) is 28.2. The first-order valence-corrected chi connectivity index (χ1v) is 38.0. The third kappa shape index (κ3) is 25.3. The molecule has 11 amide bonds. The molecule has 24 N–H and O–H groups in total. The van der Waals surface area contributed by atoms with Crippen molar-refractivity contribution in [3.05, 3.63) is 80.7 Å². The highest BCUT2D eigenvalue weighted by Crippen LogP contribution is 2.55. The maximum atomic E-state index is 14.9. The molecule has 2 saturated heterocycles. The number of hydrogen-bond acceptors (Lipinski definition) is 19. The zero-order valence-corrected chi connectivity index (χ0v) is 61.3. The number of carbonyl (C=O) groups excluding carboxylic acids is 11. The minimum absolute atomic E-state index is 0.0209. The van der Waals surface area contributed by atoms with Crippen LogP contribution in [0.5, 0.6) is 0 Å². The zero-order chi connectivity index (χ0) is 77.3. The number of rotatable bonds is 41. The molecule has 0 radical (unpaired) electrons. The summed E-state index contributed by atoms with van der Waals surface area (Å²) >= 11 is 2.51. The van der Waals surface area contributed by atoms with Crippen molar-refractivity contribution in [1.82, 2.24) is 57.7 Å². The second kappa shape index (κ2) is 40.1. The fourth-order valence-electron chi connectivity index (χ4n) is 15.2. The highest BCUT2D eigenvalue weighted by Gasteiger charge is 2.52. The number of nitrogens with zero attached hydrogens (tertiary/aromatic N) is 5. The normalized spacial score (nSPS) is 21.6. The van der Waals surface area contributed by atoms with Gasteiger partial charge in [0.2, 0.25) is 65.0 Å². The third-order valence-corrected chi connectivity index (χ3v) is 21.6. The Morgan fingerprint density at radius 3 is 1.51 bits per heavy atom. The van der Waals surface area contributed by atoms with Gasteiger partial charge < -0.3 is 107 Å². The highest BCUT2D eigenvalue weighted by atomic mass is 32.1. The number of aliphatic hydroxyl groups is 2. The van der Waals surface area contributed by atoms with Gasteiger partial charge in [-0.05, 0) is 136 Å². The van der Waals surface area contributed by atoms with E-state index in [-0.39, 0.29) is 146 Å². The van der Waals surface area contributed by atoms with Crippen molar-refractivity contribution in [3.8, 4) is 0 Å². The number of β-amino-alcohol motifs (C(OH)–C–C–N with tert-alkyl or cyclic N) is 1. The number of nitrogens with one attached hydrogen (secondary N) is 9. The van der Waals surface area contributed by atoms with E-state index in [4.69, 9.17) is 34.4 Å². The standard InChI is InChI=1S/C70H102N20O15S2/c71-67(72)77-20-4-14-46(81-55(93)18-19-56(94)88-70-33-40-26-41(34-70)28-42(27-40)35-70)58(96)83-47(15-5-21-78-68(73)74)64(102)89-23-7-17-53(89)65(103)90-37-43(92)30-54(90)63(101)80-36-57(95)82-50(31-44-12-8-24-106-44)60(98)87-52(38-91)62(100)85-49(29-39-10-2-1-3-11-39)59(97)86-51(32-45-13-9-25-107-45)61(99)84-48(66(104)105)16-6-22-79-69(75)76/h1-3,8-13,24-25,40-43,46-54,91-92H,4-7,14-23,26-38H2,(H,80,101)(H,81,93)(H,82,95)(H,83,96)(H,84,99)(H,85,100)(H,86,97)(H,87,98)(H,88,94)(H,104,105)(H4,71,72,77)(H4,73,74,78)(H4,75,76,79)/t40?,41?,42?,43?,46-,47+,48+,49-,50+,51+,52+,53+,54+,70?/m1/s1. The van der Waals surface area contributed by atoms with E-state index in [1.54, 1.807) is 65.4 Å². The molecule has 6 fully saturated rings. The number of likely N-dealkylation sites (tertiary alicyclic amines) is 2. The Balaban J connectivity index is 0.894. The molecule has 4 heterocycles. The molecule has 35 nitrogen and oxygen atoms in total. The van der Waals surface area contributed by atoms with Crippen molar-refractivity contribution in [2.24, 2.45) is 67.1 Å². The van der Waals surface area contributed by atoms with Crippen LogP contribution in [-0.2, 0) is 76.8 Å². The Morgan fingerprint density at radius 2 is 0.991 bits per heavy atom. The number of thiophene rings is 2. The van der Waals surface area contributed by atoms with Crippen LogP contribution in [0.4, 0.5) is 0 Å². The van der Waals surface area contributed by atoms with Crippen LogP contribution in [0.3, 0.4) is 0 Å². The van der Waals surface area contributed by atoms with Gasteiger partial charge in [-0.3, -0.25) is 67.7 Å². The van der Waals surface area contributed by atoms with Crippen LogP contribution in [0, 0.1) is 17.8 Å². The predicted molar refractivity (Wildman–Crippen MR) is 396 cm³/mol. The van der Waals surface area contributed by atoms with E-state index < -0.39 is 139 Å². The van der Waals surface area contributed by atoms with E-state index in [9.17, 15) is 72.9 Å². The number of carbonyl (C=O) groups is 12. The first-order valence-electron chi connectivity index (χ1n) is 36.2. The lowest BCUT2D eigenvalue weighted by molar-refractivity contribution is -0.148. The number of guanidine groups is 3. The molecule has 1 aromatic carbocycles. The quantitative estimate of drug-likeness (QED) is 0.0148. The Hall–Kier alpha value is -10.0. The molecule has 2 aliphatic heterocycles. The predicted octanol–water partition coefficient (Wildman–Crippen LogP) is -3.60. The van der Waals surface area contributed by atoms with Gasteiger partial charge in [0, 0.05) is 86.5 Å². The first kappa shape index (κ1) is 82.6. The molecule has 4 saturated carbocycles. The maximum absolute atomic E-state index is 14.9. The largest absolute Gasteiger partial charge is 0.480 e. The summed E-state index contributed by atoms with van der Waals surface area (Å²) in [6.45, 7) is -1.84. The minimum atomic E-state index is -1.75. The Labute approximate surface area is 627 Å². The molecular formula is C70H102N20O15S2. The van der Waals surface area contributed by atoms with Gasteiger partial charge in [-0.15, -0.1) is 22.7 Å². The summed E-state index contributed by atoms with van der Waals surface area (Å²) < 4.78 is 0. The van der Waals surface area contributed by atoms with Gasteiger partial charge >= 0.3 is 5.97 Å². The van der Waals surface area contributed by atoms with Crippen LogP contribution < -0.4 is 82.3 Å². The van der Waals surface area contributed by atoms with Gasteiger partial charge in [-0.1, -0.05) is 42.5 Å². The first-order chi connectivity index (χ1) is 51.1. The number of hydrogen-bond donors (Lipinski definition) is 18. The molecule has 6 aliphatic rings. The lowest BCUT2D eigenvalue weighted by atomic mass is 9.53. The summed E-state index contributed by atoms with van der Waals surface area (Å²) in [7, 11) is 0. The number of benzene rings is 1. The van der Waals surface area contributed by atoms with Crippen LogP contribution in [0.25, 0.3) is 0 Å². The lowest BCUT2D eigenvalue weighted by Gasteiger charge is -2.56. The summed E-state index contributed by atoms with van der Waals surface area (Å²) in [5.74, 6) is -8.68. The fourth-order valence-corrected chi connectivity index (χ4v) is 16.7. The van der Waals surface area contributed by atoms with Crippen molar-refractivity contribution >= 4 is 112 Å². The number of carboxylic acids is 1. The number of aliphatic carboxylic acids is 1. The summed E-state index contributed by atoms with van der Waals surface area (Å²) in [4.78, 5) is 184. The summed E-state index contributed by atoms with van der Waals surface area (Å²) in [6.07, 6.45) is 5.08. The average molecular weight is 1530 g/mol. The molecule has 584 valence electrons. The number of aliphatic hydroxyl groups excluding tert-OH is 2. The van der Waals surface area contributed by atoms with Crippen LogP contribution >= 0.6 is 22.7 Å². The maximum Gasteiger partial charge on any atom is 0.326 e. The van der Waals surface area contributed by atoms with Gasteiger partial charge in [0.05, 0.1) is 19.3 Å². The van der Waals surface area contributed by atoms with E-state index in [0.717, 1.165) is 24.2 Å². The second-order valence-corrected chi connectivity index (χ2v) is 30.3. The van der Waals surface area contributed by atoms with Crippen molar-refractivity contribution in [3.63, 3.8) is 0 Å². The summed E-state index contributed by atoms with van der Waals surface area (Å²) in [5, 5.41) is 59.2. The number of carboxylic acid groups (broad SMARTS) is 1. The van der Waals surface area contributed by atoms with Gasteiger partial charge in [0.25, 0.3) is 0 Å². The van der Waals surface area contributed by atoms with E-state index in [1.807, 2.05) is 0 Å². The molecule has 3 aromatic rings. The Morgan fingerprint density at radius 1 is 0.523 bits per heavy atom. The van der Waals surface area contributed by atoms with Gasteiger partial charge in [-0.2, -0.15) is 0 Å². The number of amides is 11. The molecule has 10 atom stereocenters. The SMILES string of the molecule is NC(N)=NCCC[C@H](NC(=O)[C@H](Cc1cccs1)NC(=O)[C@@H](Cc1ccccc1)NC(=O)[C@H](CO)NC(=O)[C@H](Cc1cccs1)NC(=O)CNC(=O)[C@@H]1CC(O)CN1C(=O)[C@@H]1CCCN1C(=O)[C@H](CCCN=C(N)N)NC(=O)[C@@H](CCCN=C(N)N)NC(=O)CCC(=O)NC12CC3CC(CC(C3)C1)C2)C(=O)O. The van der Waals surface area contributed by atoms with E-state index >= 15 is 0 Å². The molecule has 37 heteroatoms. The minimum Gasteiger partial charge on any atom is -0.480 e. The molecule has 2 aromatic heterocycles. The van der Waals surface area contributed by atoms with Gasteiger partial charge in [0.15, 0.2) is 17.9 Å². The van der Waals surface area contributed by atoms with Crippen LogP contribution in [0.1, 0.15) is 124 Å². The molecular weight excluding hydrogens is 1430 g/mol. The smallest absolute Gasteiger partial charge is 0.326 e. The van der Waals surface area contributed by atoms with Crippen molar-refractivity contribution in [1.29, 1.82) is 0 Å². The highest BCUT2D eigenvalue weighted by molar-refractivity contribution is 7.10. The molecule has 107 heavy (non-hydrogen) atoms. The molecule has 1 unspecified atom stereocenters. The Kier molecular flexibility index (Phi) is 31.0. The van der Waals surface area contributed by atoms with Gasteiger partial charge in [-0.25, -0.2) is 4.79 Å². The monoisotopic (exact) mass is 1530 g/mol. The summed E-state index contributed by atoms with van der Waals surface area (Å²) in [5.41, 5.74) is 33.4. The number of aliphatic imine (C=N–C) groups is 3. The van der Waals surface area contributed by atoms with E-state index in [2.05, 4.69) is 62.8 Å². The number of nitrogens with two attached hydrogens (primary N) is 6. The lowest BCUT2D eigenvalue weighted by Crippen LogP contribution is -2.60. The topological polar surface area (TPSA) is 573 Å². The average Bonchev–Trinajstić information content (AvgIpc) is 1.66. The molecule has 4 aliphatic carbocycles. The molecule has 4 bridgehead atoms. The van der Waals surface area contributed by atoms with Crippen LogP contribution in [0.2, 0.25) is 0 Å². The van der Waals surface area contributed by atoms with Gasteiger partial charge in [0.1, 0.15) is 54.4 Å². The van der Waals surface area contributed by atoms with E-state index in [1.165, 1.54) is 46.8 Å². The van der Waals surface area contributed by atoms with Crippen LogP contribution in [0.15, 0.2) is 80.3 Å². The van der Waals surface area contributed by atoms with Crippen molar-refractivity contribution in [2.75, 3.05) is 45.9 Å². The third-order valence-electron chi connectivity index (χ3n) is 19.8. The zero-order valence-electron chi connectivity index (χ0n) is 59.7. The Bertz CT molecular complexity index is 3630. The van der Waals surface area contributed by atoms with Crippen LogP contribution in [-0.4, -0.2) is 226 Å². The van der Waals surface area contributed by atoms with Crippen molar-refractivity contribution < 1.29 is 72.9 Å². The fraction of sp³-hybridized carbons (Fsp3) is 0.586.